The molecule has 2 rings (SSSR count). The number of benzene rings is 1. The summed E-state index contributed by atoms with van der Waals surface area (Å²) in [4.78, 5) is 26.6. The third kappa shape index (κ3) is 4.80. The molecule has 1 saturated carbocycles. The van der Waals surface area contributed by atoms with Gasteiger partial charge in [-0.15, -0.1) is 0 Å². The van der Waals surface area contributed by atoms with Gasteiger partial charge in [0.25, 0.3) is 0 Å². The second kappa shape index (κ2) is 7.65. The number of hydrogen-bond acceptors (Lipinski definition) is 4. The molecular formula is C14H15ClN2O2. The minimum Gasteiger partial charge on any atom is -0.211 e. The van der Waals surface area contributed by atoms with Crippen molar-refractivity contribution in [1.82, 2.24) is 0 Å². The van der Waals surface area contributed by atoms with E-state index in [2.05, 4.69) is 9.98 Å². The van der Waals surface area contributed by atoms with Gasteiger partial charge in [-0.2, -0.15) is 4.99 Å². The zero-order valence-corrected chi connectivity index (χ0v) is 11.5. The molecule has 1 aromatic carbocycles. The molecule has 0 aromatic heterocycles. The Bertz CT molecular complexity index is 514. The van der Waals surface area contributed by atoms with Crippen molar-refractivity contribution in [2.24, 2.45) is 9.98 Å². The second-order valence-corrected chi connectivity index (χ2v) is 4.65. The lowest BCUT2D eigenvalue weighted by atomic mass is 10.1. The number of hydrogen-bond donors (Lipinski definition) is 0. The lowest BCUT2D eigenvalue weighted by Gasteiger charge is -2.07. The van der Waals surface area contributed by atoms with Crippen LogP contribution in [0.25, 0.3) is 0 Å². The largest absolute Gasteiger partial charge is 0.235 e. The maximum Gasteiger partial charge on any atom is 0.235 e. The Balaban J connectivity index is 0.000000258. The molecule has 100 valence electrons. The van der Waals surface area contributed by atoms with Crippen LogP contribution < -0.4 is 0 Å². The van der Waals surface area contributed by atoms with Crippen LogP contribution in [0.1, 0.15) is 31.7 Å². The fraction of sp³-hybridized carbons (Fsp3) is 0.429. The van der Waals surface area contributed by atoms with Gasteiger partial charge in [0.2, 0.25) is 12.2 Å². The van der Waals surface area contributed by atoms with Crippen LogP contribution in [0.5, 0.6) is 0 Å². The molecule has 0 saturated heterocycles. The minimum atomic E-state index is -0.299. The topological polar surface area (TPSA) is 58.9 Å². The number of halogens is 1. The van der Waals surface area contributed by atoms with E-state index in [1.165, 1.54) is 6.08 Å². The highest BCUT2D eigenvalue weighted by molar-refractivity contribution is 6.30. The maximum atomic E-state index is 10.2. The van der Waals surface area contributed by atoms with Crippen molar-refractivity contribution in [3.8, 4) is 0 Å². The van der Waals surface area contributed by atoms with Crippen molar-refractivity contribution in [1.29, 1.82) is 0 Å². The van der Waals surface area contributed by atoms with E-state index in [4.69, 9.17) is 11.6 Å². The third-order valence-corrected chi connectivity index (χ3v) is 2.98. The summed E-state index contributed by atoms with van der Waals surface area (Å²) in [7, 11) is 0. The summed E-state index contributed by atoms with van der Waals surface area (Å²) in [5.74, 6) is 0. The Hall–Kier alpha value is -1.73. The third-order valence-electron chi connectivity index (χ3n) is 2.75. The first-order valence-electron chi connectivity index (χ1n) is 6.07. The highest BCUT2D eigenvalue weighted by Gasteiger charge is 2.44. The number of carbonyl (C=O) groups excluding carboxylic acids is 2. The standard InChI is InChI=1S/C10H8ClNO.C4H7NO/c11-9-3-1-2-8(6-9)10(4-5-10)12-7-13;1-2-3-5-4-6/h1-3,6H,4-5H2;2-3H2,1H3. The van der Waals surface area contributed by atoms with E-state index in [-0.39, 0.29) is 5.54 Å². The van der Waals surface area contributed by atoms with Crippen molar-refractivity contribution < 1.29 is 9.59 Å². The summed E-state index contributed by atoms with van der Waals surface area (Å²) >= 11 is 5.84. The molecule has 0 aliphatic heterocycles. The molecule has 0 N–H and O–H groups in total. The average Bonchev–Trinajstić information content (AvgIpc) is 3.19. The smallest absolute Gasteiger partial charge is 0.211 e. The highest BCUT2D eigenvalue weighted by Crippen LogP contribution is 2.49. The summed E-state index contributed by atoms with van der Waals surface area (Å²) in [6.45, 7) is 2.57. The van der Waals surface area contributed by atoms with E-state index in [1.807, 2.05) is 31.2 Å². The van der Waals surface area contributed by atoms with Gasteiger partial charge in [0.05, 0.1) is 12.1 Å². The van der Waals surface area contributed by atoms with E-state index in [1.54, 1.807) is 6.08 Å². The Morgan fingerprint density at radius 2 is 2.05 bits per heavy atom. The first-order valence-corrected chi connectivity index (χ1v) is 6.45. The molecule has 0 radical (unpaired) electrons. The minimum absolute atomic E-state index is 0.299. The molecule has 0 amide bonds. The summed E-state index contributed by atoms with van der Waals surface area (Å²) in [5.41, 5.74) is 0.718. The monoisotopic (exact) mass is 278 g/mol. The molecule has 1 aliphatic carbocycles. The Morgan fingerprint density at radius 3 is 2.47 bits per heavy atom. The van der Waals surface area contributed by atoms with Gasteiger partial charge in [0, 0.05) is 5.02 Å². The number of isocyanates is 2. The highest BCUT2D eigenvalue weighted by atomic mass is 35.5. The molecule has 5 heteroatoms. The van der Waals surface area contributed by atoms with Crippen LogP contribution in [0, 0.1) is 0 Å². The van der Waals surface area contributed by atoms with E-state index in [0.717, 1.165) is 24.8 Å². The van der Waals surface area contributed by atoms with Gasteiger partial charge in [-0.1, -0.05) is 30.7 Å². The Morgan fingerprint density at radius 1 is 1.32 bits per heavy atom. The SMILES string of the molecule is CCCN=C=O.O=C=NC1(c2cccc(Cl)c2)CC1. The van der Waals surface area contributed by atoms with E-state index in [9.17, 15) is 9.59 Å². The van der Waals surface area contributed by atoms with Crippen LogP contribution in [-0.4, -0.2) is 18.7 Å². The molecule has 4 nitrogen and oxygen atoms in total. The molecule has 0 bridgehead atoms. The van der Waals surface area contributed by atoms with Crippen LogP contribution in [0.4, 0.5) is 0 Å². The zero-order chi connectivity index (χ0) is 14.1. The van der Waals surface area contributed by atoms with Crippen molar-refractivity contribution in [3.05, 3.63) is 34.9 Å². The van der Waals surface area contributed by atoms with Gasteiger partial charge in [0.15, 0.2) is 0 Å². The van der Waals surface area contributed by atoms with Gasteiger partial charge < -0.3 is 0 Å². The molecule has 19 heavy (non-hydrogen) atoms. The molecule has 0 heterocycles. The van der Waals surface area contributed by atoms with E-state index >= 15 is 0 Å². The zero-order valence-electron chi connectivity index (χ0n) is 10.7. The summed E-state index contributed by atoms with van der Waals surface area (Å²) < 4.78 is 0. The van der Waals surface area contributed by atoms with Crippen molar-refractivity contribution in [2.45, 2.75) is 31.7 Å². The van der Waals surface area contributed by atoms with Gasteiger partial charge >= 0.3 is 0 Å². The molecule has 1 fully saturated rings. The molecule has 0 spiro atoms. The first kappa shape index (κ1) is 15.3. The number of rotatable bonds is 4. The quantitative estimate of drug-likeness (QED) is 0.626. The van der Waals surface area contributed by atoms with Gasteiger partial charge in [-0.3, -0.25) is 0 Å². The van der Waals surface area contributed by atoms with Crippen molar-refractivity contribution >= 4 is 23.8 Å². The predicted molar refractivity (Wildman–Crippen MR) is 73.8 cm³/mol. The van der Waals surface area contributed by atoms with Crippen LogP contribution in [-0.2, 0) is 15.1 Å². The van der Waals surface area contributed by atoms with E-state index < -0.39 is 0 Å². The molecular weight excluding hydrogens is 264 g/mol. The first-order chi connectivity index (χ1) is 9.18. The fourth-order valence-electron chi connectivity index (χ4n) is 1.61. The van der Waals surface area contributed by atoms with Gasteiger partial charge in [-0.25, -0.2) is 14.6 Å². The normalized spacial score (nSPS) is 14.2. The van der Waals surface area contributed by atoms with Gasteiger partial charge in [-0.05, 0) is 37.0 Å². The Labute approximate surface area is 117 Å². The lowest BCUT2D eigenvalue weighted by Crippen LogP contribution is -2.01. The molecule has 0 unspecified atom stereocenters. The van der Waals surface area contributed by atoms with Gasteiger partial charge in [0.1, 0.15) is 0 Å². The summed E-state index contributed by atoms with van der Waals surface area (Å²) in [6, 6.07) is 7.49. The predicted octanol–water partition coefficient (Wildman–Crippen LogP) is 3.40. The second-order valence-electron chi connectivity index (χ2n) is 4.22. The van der Waals surface area contributed by atoms with Crippen molar-refractivity contribution in [3.63, 3.8) is 0 Å². The van der Waals surface area contributed by atoms with Crippen LogP contribution in [0.3, 0.4) is 0 Å². The van der Waals surface area contributed by atoms with Crippen LogP contribution in [0.2, 0.25) is 5.02 Å². The summed E-state index contributed by atoms with van der Waals surface area (Å²) in [5, 5.41) is 0.685. The van der Waals surface area contributed by atoms with Crippen LogP contribution in [0.15, 0.2) is 34.3 Å². The average molecular weight is 279 g/mol. The van der Waals surface area contributed by atoms with Crippen LogP contribution >= 0.6 is 11.6 Å². The van der Waals surface area contributed by atoms with E-state index in [0.29, 0.717) is 11.6 Å². The van der Waals surface area contributed by atoms with Crippen molar-refractivity contribution in [2.75, 3.05) is 6.54 Å². The number of aliphatic imine (C=N–C) groups is 2. The lowest BCUT2D eigenvalue weighted by molar-refractivity contribution is 0.556. The Kier molecular flexibility index (Phi) is 6.17. The number of nitrogens with zero attached hydrogens (tertiary/aromatic N) is 2. The molecule has 0 atom stereocenters. The molecule has 1 aromatic rings. The maximum absolute atomic E-state index is 10.2. The fourth-order valence-corrected chi connectivity index (χ4v) is 1.80. The molecule has 1 aliphatic rings. The summed E-state index contributed by atoms with van der Waals surface area (Å²) in [6.07, 6.45) is 5.83.